The molecule has 1 aromatic carbocycles. The summed E-state index contributed by atoms with van der Waals surface area (Å²) in [5.41, 5.74) is 2.50. The lowest BCUT2D eigenvalue weighted by molar-refractivity contribution is 0.103. The van der Waals surface area contributed by atoms with Gasteiger partial charge >= 0.3 is 0 Å². The van der Waals surface area contributed by atoms with Gasteiger partial charge in [-0.1, -0.05) is 12.1 Å². The summed E-state index contributed by atoms with van der Waals surface area (Å²) in [6.45, 7) is 2.00. The average Bonchev–Trinajstić information content (AvgIpc) is 2.33. The maximum Gasteiger partial charge on any atom is 0.195 e. The number of hydrogen-bond acceptors (Lipinski definition) is 2. The minimum absolute atomic E-state index is 0.0289. The van der Waals surface area contributed by atoms with Crippen molar-refractivity contribution in [1.29, 1.82) is 0 Å². The Morgan fingerprint density at radius 3 is 2.75 bits per heavy atom. The van der Waals surface area contributed by atoms with Gasteiger partial charge in [-0.05, 0) is 53.3 Å². The smallest absolute Gasteiger partial charge is 0.195 e. The quantitative estimate of drug-likeness (QED) is 0.627. The molecule has 2 nitrogen and oxygen atoms in total. The van der Waals surface area contributed by atoms with Gasteiger partial charge in [-0.15, -0.1) is 0 Å². The van der Waals surface area contributed by atoms with Gasteiger partial charge in [0.15, 0.2) is 5.78 Å². The third-order valence-electron chi connectivity index (χ3n) is 2.36. The number of aromatic nitrogens is 1. The van der Waals surface area contributed by atoms with E-state index in [1.54, 1.807) is 24.5 Å². The van der Waals surface area contributed by atoms with E-state index in [1.165, 1.54) is 0 Å². The molecule has 0 spiro atoms. The minimum Gasteiger partial charge on any atom is -0.289 e. The highest BCUT2D eigenvalue weighted by atomic mass is 127. The molecule has 3 heteroatoms. The summed E-state index contributed by atoms with van der Waals surface area (Å²) in [5.74, 6) is 0.0289. The van der Waals surface area contributed by atoms with Crippen molar-refractivity contribution in [3.05, 3.63) is 63.0 Å². The van der Waals surface area contributed by atoms with Crippen LogP contribution in [0.2, 0.25) is 0 Å². The molecule has 0 saturated carbocycles. The van der Waals surface area contributed by atoms with E-state index in [1.807, 2.05) is 25.1 Å². The van der Waals surface area contributed by atoms with Gasteiger partial charge in [0, 0.05) is 27.1 Å². The number of carbonyl (C=O) groups excluding carboxylic acids is 1. The Hall–Kier alpha value is -1.23. The predicted octanol–water partition coefficient (Wildman–Crippen LogP) is 3.23. The minimum atomic E-state index is 0.0289. The van der Waals surface area contributed by atoms with E-state index in [4.69, 9.17) is 0 Å². The van der Waals surface area contributed by atoms with Crippen LogP contribution in [0.4, 0.5) is 0 Å². The van der Waals surface area contributed by atoms with Gasteiger partial charge in [0.2, 0.25) is 0 Å². The summed E-state index contributed by atoms with van der Waals surface area (Å²) in [6.07, 6.45) is 3.26. The van der Waals surface area contributed by atoms with E-state index in [-0.39, 0.29) is 5.78 Å². The summed E-state index contributed by atoms with van der Waals surface area (Å²) in [7, 11) is 0. The zero-order chi connectivity index (χ0) is 11.5. The molecule has 16 heavy (non-hydrogen) atoms. The fourth-order valence-electron chi connectivity index (χ4n) is 1.48. The van der Waals surface area contributed by atoms with Crippen LogP contribution >= 0.6 is 22.6 Å². The van der Waals surface area contributed by atoms with Crippen LogP contribution in [0.1, 0.15) is 21.5 Å². The SMILES string of the molecule is Cc1cccc(C(=O)c2cccnc2)c1I. The Morgan fingerprint density at radius 1 is 1.25 bits per heavy atom. The van der Waals surface area contributed by atoms with Crippen LogP contribution in [0, 0.1) is 10.5 Å². The highest BCUT2D eigenvalue weighted by Gasteiger charge is 2.13. The third-order valence-corrected chi connectivity index (χ3v) is 3.79. The molecule has 0 atom stereocenters. The molecule has 0 bridgehead atoms. The molecule has 0 aliphatic heterocycles. The Bertz CT molecular complexity index is 523. The lowest BCUT2D eigenvalue weighted by atomic mass is 10.0. The first-order valence-electron chi connectivity index (χ1n) is 4.90. The molecule has 0 aliphatic carbocycles. The van der Waals surface area contributed by atoms with Crippen LogP contribution in [0.15, 0.2) is 42.7 Å². The maximum atomic E-state index is 12.2. The van der Waals surface area contributed by atoms with Crippen LogP contribution < -0.4 is 0 Å². The standard InChI is InChI=1S/C13H10INO/c1-9-4-2-6-11(12(9)14)13(16)10-5-3-7-15-8-10/h2-8H,1H3. The molecule has 1 heterocycles. The second kappa shape index (κ2) is 4.74. The number of ketones is 1. The monoisotopic (exact) mass is 323 g/mol. The maximum absolute atomic E-state index is 12.2. The molecule has 0 N–H and O–H groups in total. The largest absolute Gasteiger partial charge is 0.289 e. The second-order valence-corrected chi connectivity index (χ2v) is 4.59. The number of pyridine rings is 1. The number of halogens is 1. The van der Waals surface area contributed by atoms with E-state index < -0.39 is 0 Å². The van der Waals surface area contributed by atoms with E-state index in [2.05, 4.69) is 27.6 Å². The van der Waals surface area contributed by atoms with Gasteiger partial charge < -0.3 is 0 Å². The van der Waals surface area contributed by atoms with Crippen molar-refractivity contribution in [3.63, 3.8) is 0 Å². The van der Waals surface area contributed by atoms with Crippen LogP contribution in [0.5, 0.6) is 0 Å². The number of benzene rings is 1. The lowest BCUT2D eigenvalue weighted by Gasteiger charge is -2.05. The third kappa shape index (κ3) is 2.14. The first kappa shape index (κ1) is 11.3. The van der Waals surface area contributed by atoms with Gasteiger partial charge in [0.25, 0.3) is 0 Å². The van der Waals surface area contributed by atoms with Crippen molar-refractivity contribution in [2.75, 3.05) is 0 Å². The normalized spacial score (nSPS) is 10.1. The second-order valence-electron chi connectivity index (χ2n) is 3.51. The van der Waals surface area contributed by atoms with Crippen molar-refractivity contribution in [2.24, 2.45) is 0 Å². The van der Waals surface area contributed by atoms with Gasteiger partial charge in [0.1, 0.15) is 0 Å². The molecule has 80 valence electrons. The fourth-order valence-corrected chi connectivity index (χ4v) is 2.08. The average molecular weight is 323 g/mol. The molecule has 0 amide bonds. The summed E-state index contributed by atoms with van der Waals surface area (Å²) in [4.78, 5) is 16.1. The Kier molecular flexibility index (Phi) is 3.33. The molecule has 0 aliphatic rings. The number of hydrogen-bond donors (Lipinski definition) is 0. The van der Waals surface area contributed by atoms with Crippen molar-refractivity contribution >= 4 is 28.4 Å². The number of rotatable bonds is 2. The first-order chi connectivity index (χ1) is 7.70. The summed E-state index contributed by atoms with van der Waals surface area (Å²) in [6, 6.07) is 9.32. The van der Waals surface area contributed by atoms with Crippen LogP contribution in [0.25, 0.3) is 0 Å². The highest BCUT2D eigenvalue weighted by Crippen LogP contribution is 2.19. The number of nitrogens with zero attached hydrogens (tertiary/aromatic N) is 1. The first-order valence-corrected chi connectivity index (χ1v) is 5.98. The molecule has 0 saturated heterocycles. The van der Waals surface area contributed by atoms with Gasteiger partial charge in [-0.2, -0.15) is 0 Å². The molecule has 2 aromatic rings. The van der Waals surface area contributed by atoms with Gasteiger partial charge in [-0.3, -0.25) is 9.78 Å². The molecular weight excluding hydrogens is 313 g/mol. The lowest BCUT2D eigenvalue weighted by Crippen LogP contribution is -2.04. The Morgan fingerprint density at radius 2 is 2.06 bits per heavy atom. The molecule has 0 unspecified atom stereocenters. The number of aryl methyl sites for hydroxylation is 1. The zero-order valence-corrected chi connectivity index (χ0v) is 10.9. The summed E-state index contributed by atoms with van der Waals surface area (Å²) >= 11 is 2.21. The Labute approximate surface area is 108 Å². The molecular formula is C13H10INO. The molecule has 2 rings (SSSR count). The summed E-state index contributed by atoms with van der Waals surface area (Å²) in [5, 5.41) is 0. The number of carbonyl (C=O) groups is 1. The predicted molar refractivity (Wildman–Crippen MR) is 71.6 cm³/mol. The van der Waals surface area contributed by atoms with Gasteiger partial charge in [0.05, 0.1) is 0 Å². The van der Waals surface area contributed by atoms with E-state index >= 15 is 0 Å². The van der Waals surface area contributed by atoms with Crippen molar-refractivity contribution in [3.8, 4) is 0 Å². The van der Waals surface area contributed by atoms with Gasteiger partial charge in [-0.25, -0.2) is 0 Å². The zero-order valence-electron chi connectivity index (χ0n) is 8.77. The van der Waals surface area contributed by atoms with Crippen LogP contribution in [-0.2, 0) is 0 Å². The fraction of sp³-hybridized carbons (Fsp3) is 0.0769. The highest BCUT2D eigenvalue weighted by molar-refractivity contribution is 14.1. The van der Waals surface area contributed by atoms with E-state index in [0.29, 0.717) is 5.56 Å². The topological polar surface area (TPSA) is 30.0 Å². The molecule has 0 fully saturated rings. The van der Waals surface area contributed by atoms with Crippen LogP contribution in [-0.4, -0.2) is 10.8 Å². The van der Waals surface area contributed by atoms with Crippen molar-refractivity contribution in [1.82, 2.24) is 4.98 Å². The van der Waals surface area contributed by atoms with E-state index in [0.717, 1.165) is 14.7 Å². The van der Waals surface area contributed by atoms with Crippen molar-refractivity contribution < 1.29 is 4.79 Å². The van der Waals surface area contributed by atoms with E-state index in [9.17, 15) is 4.79 Å². The van der Waals surface area contributed by atoms with Crippen LogP contribution in [0.3, 0.4) is 0 Å². The summed E-state index contributed by atoms with van der Waals surface area (Å²) < 4.78 is 1.01. The molecule has 0 radical (unpaired) electrons. The van der Waals surface area contributed by atoms with Crippen molar-refractivity contribution in [2.45, 2.75) is 6.92 Å². The Balaban J connectivity index is 2.46. The molecule has 1 aromatic heterocycles.